The molecule has 0 bridgehead atoms. The van der Waals surface area contributed by atoms with E-state index in [1.54, 1.807) is 12.1 Å². The number of thioether (sulfide) groups is 1. The van der Waals surface area contributed by atoms with Crippen LogP contribution in [0.3, 0.4) is 0 Å². The van der Waals surface area contributed by atoms with Gasteiger partial charge in [0.05, 0.1) is 38.6 Å². The fraction of sp³-hybridized carbons (Fsp3) is 0.167. The van der Waals surface area contributed by atoms with E-state index in [9.17, 15) is 14.0 Å². The molecular formula is C18H11Cl2FN2O3S2. The van der Waals surface area contributed by atoms with Crippen molar-refractivity contribution in [2.75, 3.05) is 4.90 Å². The number of rotatable bonds is 4. The SMILES string of the molecule is O=C(O)CC1Sc2cc(F)ccc2N(Cc2nc3c(Cl)c(Cl)ccc3s2)C1=O. The summed E-state index contributed by atoms with van der Waals surface area (Å²) in [4.78, 5) is 30.5. The maximum atomic E-state index is 13.7. The van der Waals surface area contributed by atoms with Crippen LogP contribution in [0.15, 0.2) is 35.2 Å². The van der Waals surface area contributed by atoms with Gasteiger partial charge in [-0.3, -0.25) is 9.59 Å². The average molecular weight is 457 g/mol. The van der Waals surface area contributed by atoms with Crippen molar-refractivity contribution in [1.82, 2.24) is 4.98 Å². The van der Waals surface area contributed by atoms with Gasteiger partial charge in [0.15, 0.2) is 0 Å². The van der Waals surface area contributed by atoms with Gasteiger partial charge in [0, 0.05) is 4.90 Å². The Labute approximate surface area is 177 Å². The van der Waals surface area contributed by atoms with Crippen molar-refractivity contribution in [2.45, 2.75) is 23.1 Å². The summed E-state index contributed by atoms with van der Waals surface area (Å²) < 4.78 is 14.5. The van der Waals surface area contributed by atoms with Crippen LogP contribution in [0.5, 0.6) is 0 Å². The van der Waals surface area contributed by atoms with Crippen molar-refractivity contribution in [3.8, 4) is 0 Å². The normalized spacial score (nSPS) is 16.5. The molecule has 1 aliphatic rings. The van der Waals surface area contributed by atoms with E-state index in [0.29, 0.717) is 31.2 Å². The minimum Gasteiger partial charge on any atom is -0.481 e. The van der Waals surface area contributed by atoms with Crippen LogP contribution in [-0.2, 0) is 16.1 Å². The van der Waals surface area contributed by atoms with E-state index >= 15 is 0 Å². The predicted molar refractivity (Wildman–Crippen MR) is 109 cm³/mol. The van der Waals surface area contributed by atoms with Gasteiger partial charge in [-0.2, -0.15) is 0 Å². The molecule has 10 heteroatoms. The molecule has 0 saturated heterocycles. The van der Waals surface area contributed by atoms with Crippen molar-refractivity contribution in [3.05, 3.63) is 51.2 Å². The molecule has 1 atom stereocenters. The van der Waals surface area contributed by atoms with Crippen LogP contribution in [0, 0.1) is 5.82 Å². The standard InChI is InChI=1S/C18H11Cl2FN2O3S2/c19-9-2-4-11-17(16(9)20)22-14(28-11)7-23-10-3-1-8(21)5-12(10)27-13(18(23)26)6-15(24)25/h1-5,13H,6-7H2,(H,24,25). The zero-order valence-electron chi connectivity index (χ0n) is 14.0. The number of halogens is 3. The monoisotopic (exact) mass is 456 g/mol. The molecule has 0 radical (unpaired) electrons. The Kier molecular flexibility index (Phi) is 5.22. The van der Waals surface area contributed by atoms with E-state index < -0.39 is 17.0 Å². The molecule has 1 amide bonds. The number of benzene rings is 2. The number of aliphatic carboxylic acids is 1. The predicted octanol–water partition coefficient (Wildman–Crippen LogP) is 5.22. The molecule has 5 nitrogen and oxygen atoms in total. The van der Waals surface area contributed by atoms with E-state index in [0.717, 1.165) is 16.5 Å². The number of amides is 1. The summed E-state index contributed by atoms with van der Waals surface area (Å²) in [7, 11) is 0. The molecule has 28 heavy (non-hydrogen) atoms. The lowest BCUT2D eigenvalue weighted by molar-refractivity contribution is -0.138. The van der Waals surface area contributed by atoms with Crippen LogP contribution in [0.2, 0.25) is 10.0 Å². The number of nitrogens with zero attached hydrogens (tertiary/aromatic N) is 2. The largest absolute Gasteiger partial charge is 0.481 e. The van der Waals surface area contributed by atoms with Gasteiger partial charge in [-0.15, -0.1) is 23.1 Å². The summed E-state index contributed by atoms with van der Waals surface area (Å²) in [6.07, 6.45) is -0.350. The van der Waals surface area contributed by atoms with E-state index in [-0.39, 0.29) is 18.9 Å². The van der Waals surface area contributed by atoms with E-state index in [1.807, 2.05) is 0 Å². The first-order valence-corrected chi connectivity index (χ1v) is 10.5. The topological polar surface area (TPSA) is 70.5 Å². The molecule has 4 rings (SSSR count). The second-order valence-electron chi connectivity index (χ2n) is 6.06. The number of carboxylic acids is 1. The molecule has 1 N–H and O–H groups in total. The van der Waals surface area contributed by atoms with Gasteiger partial charge in [-0.05, 0) is 30.3 Å². The van der Waals surface area contributed by atoms with Crippen molar-refractivity contribution in [3.63, 3.8) is 0 Å². The van der Waals surface area contributed by atoms with E-state index in [2.05, 4.69) is 4.98 Å². The van der Waals surface area contributed by atoms with Gasteiger partial charge >= 0.3 is 5.97 Å². The molecule has 0 saturated carbocycles. The summed E-state index contributed by atoms with van der Waals surface area (Å²) in [6, 6.07) is 7.58. The van der Waals surface area contributed by atoms with Gasteiger partial charge < -0.3 is 10.0 Å². The minimum absolute atomic E-state index is 0.126. The maximum Gasteiger partial charge on any atom is 0.305 e. The molecular weight excluding hydrogens is 446 g/mol. The third-order valence-electron chi connectivity index (χ3n) is 4.17. The van der Waals surface area contributed by atoms with Crippen LogP contribution in [-0.4, -0.2) is 27.2 Å². The Hall–Kier alpha value is -1.87. The lowest BCUT2D eigenvalue weighted by Gasteiger charge is -2.32. The number of carbonyl (C=O) groups excluding carboxylic acids is 1. The molecule has 0 spiro atoms. The van der Waals surface area contributed by atoms with Crippen LogP contribution in [0.1, 0.15) is 11.4 Å². The fourth-order valence-electron chi connectivity index (χ4n) is 2.94. The number of carbonyl (C=O) groups is 2. The number of hydrogen-bond acceptors (Lipinski definition) is 5. The third-order valence-corrected chi connectivity index (χ3v) is 7.21. The van der Waals surface area contributed by atoms with Crippen LogP contribution in [0.25, 0.3) is 10.2 Å². The number of thiazole rings is 1. The highest BCUT2D eigenvalue weighted by molar-refractivity contribution is 8.01. The van der Waals surface area contributed by atoms with Crippen molar-refractivity contribution in [2.24, 2.45) is 0 Å². The zero-order valence-corrected chi connectivity index (χ0v) is 17.1. The highest BCUT2D eigenvalue weighted by Gasteiger charge is 2.35. The van der Waals surface area contributed by atoms with Crippen LogP contribution >= 0.6 is 46.3 Å². The third kappa shape index (κ3) is 3.57. The Balaban J connectivity index is 1.74. The Morgan fingerprint density at radius 3 is 2.82 bits per heavy atom. The lowest BCUT2D eigenvalue weighted by atomic mass is 10.2. The molecule has 2 heterocycles. The number of fused-ring (bicyclic) bond motifs is 2. The van der Waals surface area contributed by atoms with Crippen LogP contribution in [0.4, 0.5) is 10.1 Å². The number of aromatic nitrogens is 1. The minimum atomic E-state index is -1.09. The number of carboxylic acid groups (broad SMARTS) is 1. The molecule has 3 aromatic rings. The molecule has 1 aromatic heterocycles. The molecule has 1 aliphatic heterocycles. The lowest BCUT2D eigenvalue weighted by Crippen LogP contribution is -2.41. The summed E-state index contributed by atoms with van der Waals surface area (Å²) in [5.41, 5.74) is 1.08. The van der Waals surface area contributed by atoms with Gasteiger partial charge in [0.1, 0.15) is 16.3 Å². The Morgan fingerprint density at radius 2 is 2.07 bits per heavy atom. The molecule has 0 aliphatic carbocycles. The first-order chi connectivity index (χ1) is 13.3. The zero-order chi connectivity index (χ0) is 20.0. The maximum absolute atomic E-state index is 13.7. The second kappa shape index (κ2) is 7.51. The van der Waals surface area contributed by atoms with E-state index in [4.69, 9.17) is 28.3 Å². The second-order valence-corrected chi connectivity index (χ2v) is 9.20. The molecule has 2 aromatic carbocycles. The van der Waals surface area contributed by atoms with Gasteiger partial charge in [-0.25, -0.2) is 9.37 Å². The highest BCUT2D eigenvalue weighted by Crippen LogP contribution is 2.42. The first kappa shape index (κ1) is 19.4. The number of anilines is 1. The molecule has 0 fully saturated rings. The molecule has 144 valence electrons. The smallest absolute Gasteiger partial charge is 0.305 e. The molecule has 1 unspecified atom stereocenters. The van der Waals surface area contributed by atoms with E-state index in [1.165, 1.54) is 34.4 Å². The Bertz CT molecular complexity index is 1120. The summed E-state index contributed by atoms with van der Waals surface area (Å²) in [5.74, 6) is -1.89. The van der Waals surface area contributed by atoms with Crippen molar-refractivity contribution >= 4 is 74.1 Å². The van der Waals surface area contributed by atoms with Gasteiger partial charge in [-0.1, -0.05) is 23.2 Å². The van der Waals surface area contributed by atoms with Gasteiger partial charge in [0.2, 0.25) is 5.91 Å². The van der Waals surface area contributed by atoms with Crippen molar-refractivity contribution < 1.29 is 19.1 Å². The summed E-state index contributed by atoms with van der Waals surface area (Å²) >= 11 is 14.7. The average Bonchev–Trinajstić information content (AvgIpc) is 3.05. The summed E-state index contributed by atoms with van der Waals surface area (Å²) in [5, 5.41) is 9.63. The van der Waals surface area contributed by atoms with Crippen LogP contribution < -0.4 is 4.90 Å². The Morgan fingerprint density at radius 1 is 1.29 bits per heavy atom. The quantitative estimate of drug-likeness (QED) is 0.582. The summed E-state index contributed by atoms with van der Waals surface area (Å²) in [6.45, 7) is 0.126. The highest BCUT2D eigenvalue weighted by atomic mass is 35.5. The first-order valence-electron chi connectivity index (χ1n) is 8.06. The van der Waals surface area contributed by atoms with Gasteiger partial charge in [0.25, 0.3) is 0 Å². The fourth-order valence-corrected chi connectivity index (χ4v) is 5.56. The number of hydrogen-bond donors (Lipinski definition) is 1. The van der Waals surface area contributed by atoms with Crippen molar-refractivity contribution in [1.29, 1.82) is 0 Å².